The van der Waals surface area contributed by atoms with Crippen LogP contribution in [0.15, 0.2) is 12.4 Å². The van der Waals surface area contributed by atoms with Gasteiger partial charge in [-0.2, -0.15) is 4.98 Å². The van der Waals surface area contributed by atoms with E-state index in [1.165, 1.54) is 6.26 Å². The zero-order valence-corrected chi connectivity index (χ0v) is 19.1. The molecule has 3 aliphatic heterocycles. The monoisotopic (exact) mass is 460 g/mol. The minimum Gasteiger partial charge on any atom is -0.377 e. The van der Waals surface area contributed by atoms with Gasteiger partial charge in [0.15, 0.2) is 0 Å². The van der Waals surface area contributed by atoms with E-state index in [0.717, 1.165) is 42.0 Å². The quantitative estimate of drug-likeness (QED) is 0.672. The highest BCUT2D eigenvalue weighted by Gasteiger charge is 2.38. The molecule has 2 fully saturated rings. The fraction of sp³-hybridized carbons (Fsp3) is 0.600. The predicted molar refractivity (Wildman–Crippen MR) is 121 cm³/mol. The van der Waals surface area contributed by atoms with Crippen LogP contribution in [0.1, 0.15) is 18.9 Å². The maximum atomic E-state index is 12.0. The van der Waals surface area contributed by atoms with Crippen LogP contribution in [0.4, 0.5) is 17.7 Å². The Morgan fingerprint density at radius 2 is 1.91 bits per heavy atom. The molecule has 5 rings (SSSR count). The van der Waals surface area contributed by atoms with E-state index in [2.05, 4.69) is 26.7 Å². The molecule has 0 unspecified atom stereocenters. The number of sulfonamides is 1. The van der Waals surface area contributed by atoms with Gasteiger partial charge in [-0.3, -0.25) is 0 Å². The molecule has 3 aliphatic rings. The third-order valence-corrected chi connectivity index (χ3v) is 7.72. The fourth-order valence-electron chi connectivity index (χ4n) is 4.74. The third-order valence-electron chi connectivity index (χ3n) is 6.45. The minimum absolute atomic E-state index is 0.0892. The number of ether oxygens (including phenoxy) is 1. The first-order valence-electron chi connectivity index (χ1n) is 10.9. The molecule has 2 saturated heterocycles. The number of fused-ring (bicyclic) bond motifs is 1. The van der Waals surface area contributed by atoms with E-state index >= 15 is 0 Å². The first-order valence-corrected chi connectivity index (χ1v) is 12.7. The van der Waals surface area contributed by atoms with Crippen LogP contribution < -0.4 is 15.5 Å². The van der Waals surface area contributed by atoms with Crippen molar-refractivity contribution in [1.29, 1.82) is 0 Å². The predicted octanol–water partition coefficient (Wildman–Crippen LogP) is 0.137. The number of nitrogen functional groups attached to an aromatic ring is 1. The van der Waals surface area contributed by atoms with E-state index in [-0.39, 0.29) is 18.0 Å². The maximum Gasteiger partial charge on any atom is 0.228 e. The summed E-state index contributed by atoms with van der Waals surface area (Å²) >= 11 is 0. The molecule has 0 amide bonds. The number of hydrogen-bond acceptors (Lipinski definition) is 10. The van der Waals surface area contributed by atoms with Gasteiger partial charge in [-0.1, -0.05) is 0 Å². The van der Waals surface area contributed by atoms with Gasteiger partial charge in [-0.25, -0.2) is 27.7 Å². The lowest BCUT2D eigenvalue weighted by Gasteiger charge is -2.34. The van der Waals surface area contributed by atoms with Crippen molar-refractivity contribution in [2.24, 2.45) is 0 Å². The smallest absolute Gasteiger partial charge is 0.228 e. The molecule has 5 heterocycles. The molecule has 11 nitrogen and oxygen atoms in total. The van der Waals surface area contributed by atoms with E-state index in [4.69, 9.17) is 20.4 Å². The largest absolute Gasteiger partial charge is 0.377 e. The molecule has 12 heteroatoms. The lowest BCUT2D eigenvalue weighted by Crippen LogP contribution is -2.45. The molecule has 0 radical (unpaired) electrons. The van der Waals surface area contributed by atoms with E-state index in [0.29, 0.717) is 38.8 Å². The van der Waals surface area contributed by atoms with Gasteiger partial charge in [0.2, 0.25) is 21.9 Å². The summed E-state index contributed by atoms with van der Waals surface area (Å²) in [4.78, 5) is 22.7. The van der Waals surface area contributed by atoms with Gasteiger partial charge in [0.05, 0.1) is 31.2 Å². The van der Waals surface area contributed by atoms with Crippen molar-refractivity contribution in [3.63, 3.8) is 0 Å². The van der Waals surface area contributed by atoms with E-state index in [1.807, 2.05) is 0 Å². The average molecular weight is 461 g/mol. The standard InChI is InChI=1S/C20H28N8O3S/c1-13-12-31-8-7-27(13)20-24-17(14-9-22-19(21)23-10-14)16-4-6-28(18(16)25-20)15-3-5-26(11-15)32(2,29)30/h9-10,13,15H,3-8,11-12H2,1-2H3,(H2,21,22,23)/t13-,15-/m0/s1. The van der Waals surface area contributed by atoms with Gasteiger partial charge in [-0.15, -0.1) is 0 Å². The van der Waals surface area contributed by atoms with Gasteiger partial charge in [0.1, 0.15) is 5.82 Å². The van der Waals surface area contributed by atoms with E-state index in [1.54, 1.807) is 16.7 Å². The van der Waals surface area contributed by atoms with Gasteiger partial charge in [-0.05, 0) is 19.8 Å². The normalized spacial score (nSPS) is 24.2. The molecule has 172 valence electrons. The second-order valence-corrected chi connectivity index (χ2v) is 10.6. The Kier molecular flexibility index (Phi) is 5.38. The van der Waals surface area contributed by atoms with Crippen LogP contribution in [0.5, 0.6) is 0 Å². The SMILES string of the molecule is C[C@H]1COCCN1c1nc(-c2cnc(N)nc2)c2c(n1)N([C@H]1CCN(S(C)(=O)=O)C1)CC2. The molecule has 2 aromatic rings. The van der Waals surface area contributed by atoms with Crippen LogP contribution in [0, 0.1) is 0 Å². The summed E-state index contributed by atoms with van der Waals surface area (Å²) in [7, 11) is -3.21. The van der Waals surface area contributed by atoms with Gasteiger partial charge in [0.25, 0.3) is 0 Å². The topological polar surface area (TPSA) is 131 Å². The first-order chi connectivity index (χ1) is 15.3. The number of nitrogens with two attached hydrogens (primary N) is 1. The van der Waals surface area contributed by atoms with Crippen LogP contribution in [0.3, 0.4) is 0 Å². The summed E-state index contributed by atoms with van der Waals surface area (Å²) in [5.74, 6) is 1.74. The summed E-state index contributed by atoms with van der Waals surface area (Å²) in [6.07, 6.45) is 6.22. The Balaban J connectivity index is 1.56. The van der Waals surface area contributed by atoms with Crippen molar-refractivity contribution < 1.29 is 13.2 Å². The second kappa shape index (κ2) is 8.09. The van der Waals surface area contributed by atoms with Crippen LogP contribution in [0.2, 0.25) is 0 Å². The highest BCUT2D eigenvalue weighted by atomic mass is 32.2. The molecule has 2 aromatic heterocycles. The Hall–Kier alpha value is -2.57. The Bertz CT molecular complexity index is 1110. The summed E-state index contributed by atoms with van der Waals surface area (Å²) in [6.45, 7) is 5.84. The summed E-state index contributed by atoms with van der Waals surface area (Å²) in [5.41, 5.74) is 8.35. The van der Waals surface area contributed by atoms with Crippen molar-refractivity contribution >= 4 is 27.7 Å². The first kappa shape index (κ1) is 21.3. The van der Waals surface area contributed by atoms with Crippen LogP contribution in [-0.2, 0) is 21.2 Å². The molecular formula is C20H28N8O3S. The third kappa shape index (κ3) is 3.86. The fourth-order valence-corrected chi connectivity index (χ4v) is 5.62. The Morgan fingerprint density at radius 3 is 2.59 bits per heavy atom. The molecule has 0 saturated carbocycles. The van der Waals surface area contributed by atoms with E-state index in [9.17, 15) is 8.42 Å². The summed E-state index contributed by atoms with van der Waals surface area (Å²) < 4.78 is 31.2. The highest BCUT2D eigenvalue weighted by molar-refractivity contribution is 7.88. The number of morpholine rings is 1. The molecular weight excluding hydrogens is 432 g/mol. The van der Waals surface area contributed by atoms with Gasteiger partial charge in [0, 0.05) is 55.7 Å². The van der Waals surface area contributed by atoms with Crippen LogP contribution >= 0.6 is 0 Å². The highest BCUT2D eigenvalue weighted by Crippen LogP contribution is 2.38. The number of anilines is 3. The molecule has 2 atom stereocenters. The van der Waals surface area contributed by atoms with E-state index < -0.39 is 10.0 Å². The minimum atomic E-state index is -3.21. The second-order valence-electron chi connectivity index (χ2n) is 8.63. The Morgan fingerprint density at radius 1 is 1.12 bits per heavy atom. The maximum absolute atomic E-state index is 12.0. The Labute approximate surface area is 187 Å². The van der Waals surface area contributed by atoms with Crippen molar-refractivity contribution in [1.82, 2.24) is 24.2 Å². The van der Waals surface area contributed by atoms with Crippen molar-refractivity contribution in [3.8, 4) is 11.3 Å². The van der Waals surface area contributed by atoms with Crippen molar-refractivity contribution in [2.45, 2.75) is 31.8 Å². The average Bonchev–Trinajstić information content (AvgIpc) is 3.41. The lowest BCUT2D eigenvalue weighted by atomic mass is 10.1. The molecule has 0 aliphatic carbocycles. The molecule has 2 N–H and O–H groups in total. The van der Waals surface area contributed by atoms with Crippen LogP contribution in [0.25, 0.3) is 11.3 Å². The molecule has 32 heavy (non-hydrogen) atoms. The molecule has 0 spiro atoms. The van der Waals surface area contributed by atoms with Gasteiger partial charge >= 0.3 is 0 Å². The van der Waals surface area contributed by atoms with Gasteiger partial charge < -0.3 is 20.3 Å². The lowest BCUT2D eigenvalue weighted by molar-refractivity contribution is 0.0981. The zero-order valence-electron chi connectivity index (χ0n) is 18.3. The van der Waals surface area contributed by atoms with Crippen LogP contribution in [-0.4, -0.2) is 90.4 Å². The molecule has 0 bridgehead atoms. The van der Waals surface area contributed by atoms with Crippen molar-refractivity contribution in [2.75, 3.05) is 61.2 Å². The van der Waals surface area contributed by atoms with Crippen molar-refractivity contribution in [3.05, 3.63) is 18.0 Å². The number of hydrogen-bond donors (Lipinski definition) is 1. The zero-order chi connectivity index (χ0) is 22.5. The number of rotatable bonds is 4. The summed E-state index contributed by atoms with van der Waals surface area (Å²) in [6, 6.07) is 0.241. The number of nitrogens with zero attached hydrogens (tertiary/aromatic N) is 7. The number of aromatic nitrogens is 4. The summed E-state index contributed by atoms with van der Waals surface area (Å²) in [5, 5.41) is 0. The molecule has 0 aromatic carbocycles.